The molecule has 1 heterocycles. The summed E-state index contributed by atoms with van der Waals surface area (Å²) in [6, 6.07) is 9.07. The van der Waals surface area contributed by atoms with E-state index in [1.807, 2.05) is 0 Å². The second-order valence-electron chi connectivity index (χ2n) is 7.32. The van der Waals surface area contributed by atoms with Crippen LogP contribution in [0.15, 0.2) is 24.3 Å². The number of hydrogen-bond donors (Lipinski definition) is 1. The van der Waals surface area contributed by atoms with Crippen LogP contribution in [0.4, 0.5) is 0 Å². The molecule has 112 valence electrons. The van der Waals surface area contributed by atoms with Crippen molar-refractivity contribution >= 4 is 0 Å². The monoisotopic (exact) mass is 274 g/mol. The summed E-state index contributed by atoms with van der Waals surface area (Å²) < 4.78 is 0. The minimum atomic E-state index is 0.250. The van der Waals surface area contributed by atoms with E-state index in [9.17, 15) is 0 Å². The van der Waals surface area contributed by atoms with Crippen LogP contribution < -0.4 is 5.32 Å². The van der Waals surface area contributed by atoms with E-state index in [1.54, 1.807) is 0 Å². The van der Waals surface area contributed by atoms with E-state index in [-0.39, 0.29) is 5.41 Å². The van der Waals surface area contributed by atoms with Crippen LogP contribution in [0.2, 0.25) is 0 Å². The first-order valence-corrected chi connectivity index (χ1v) is 7.94. The van der Waals surface area contributed by atoms with Gasteiger partial charge in [-0.1, -0.05) is 45.0 Å². The minimum Gasteiger partial charge on any atom is -0.312 e. The second kappa shape index (κ2) is 6.73. The van der Waals surface area contributed by atoms with Gasteiger partial charge < -0.3 is 10.2 Å². The molecular weight excluding hydrogens is 244 g/mol. The van der Waals surface area contributed by atoms with Gasteiger partial charge in [0, 0.05) is 6.54 Å². The fraction of sp³-hybridized carbons (Fsp3) is 0.667. The van der Waals surface area contributed by atoms with Gasteiger partial charge in [-0.25, -0.2) is 0 Å². The molecule has 1 aliphatic rings. The molecule has 1 saturated heterocycles. The Morgan fingerprint density at radius 3 is 2.25 bits per heavy atom. The van der Waals surface area contributed by atoms with E-state index in [0.717, 1.165) is 19.0 Å². The highest BCUT2D eigenvalue weighted by Crippen LogP contribution is 2.22. The molecule has 20 heavy (non-hydrogen) atoms. The highest BCUT2D eigenvalue weighted by molar-refractivity contribution is 5.27. The Labute approximate surface area is 124 Å². The van der Waals surface area contributed by atoms with Gasteiger partial charge in [0.1, 0.15) is 0 Å². The first-order chi connectivity index (χ1) is 9.45. The van der Waals surface area contributed by atoms with E-state index in [2.05, 4.69) is 62.3 Å². The van der Waals surface area contributed by atoms with Crippen LogP contribution in [-0.4, -0.2) is 31.6 Å². The Hall–Kier alpha value is -0.860. The van der Waals surface area contributed by atoms with E-state index >= 15 is 0 Å². The van der Waals surface area contributed by atoms with Crippen LogP contribution in [0.1, 0.15) is 44.7 Å². The molecule has 1 aromatic carbocycles. The summed E-state index contributed by atoms with van der Waals surface area (Å²) in [4.78, 5) is 2.43. The van der Waals surface area contributed by atoms with Gasteiger partial charge in [-0.2, -0.15) is 0 Å². The Bertz CT molecular complexity index is 394. The van der Waals surface area contributed by atoms with Crippen LogP contribution in [0.25, 0.3) is 0 Å². The van der Waals surface area contributed by atoms with Gasteiger partial charge in [-0.05, 0) is 62.0 Å². The van der Waals surface area contributed by atoms with Crippen LogP contribution in [0, 0.1) is 5.92 Å². The number of likely N-dealkylation sites (tertiary alicyclic amines) is 1. The molecule has 0 saturated carbocycles. The van der Waals surface area contributed by atoms with Crippen molar-refractivity contribution in [1.29, 1.82) is 0 Å². The maximum atomic E-state index is 3.63. The van der Waals surface area contributed by atoms with Gasteiger partial charge in [0.15, 0.2) is 0 Å². The molecule has 2 heteroatoms. The van der Waals surface area contributed by atoms with Gasteiger partial charge in [0.25, 0.3) is 0 Å². The predicted molar refractivity (Wildman–Crippen MR) is 87.1 cm³/mol. The molecule has 1 aliphatic heterocycles. The molecule has 2 rings (SSSR count). The average molecular weight is 274 g/mol. The maximum Gasteiger partial charge on any atom is 0.0205 e. The smallest absolute Gasteiger partial charge is 0.0205 e. The summed E-state index contributed by atoms with van der Waals surface area (Å²) >= 11 is 0. The molecule has 0 spiro atoms. The second-order valence-corrected chi connectivity index (χ2v) is 7.32. The molecule has 1 fully saturated rings. The molecule has 2 nitrogen and oxygen atoms in total. The third-order valence-electron chi connectivity index (χ3n) is 4.42. The van der Waals surface area contributed by atoms with Crippen molar-refractivity contribution in [2.75, 3.05) is 26.7 Å². The van der Waals surface area contributed by atoms with Crippen molar-refractivity contribution in [3.8, 4) is 0 Å². The van der Waals surface area contributed by atoms with Crippen molar-refractivity contribution in [2.45, 2.75) is 45.6 Å². The molecule has 0 bridgehead atoms. The fourth-order valence-corrected chi connectivity index (χ4v) is 2.81. The molecular formula is C18H30N2. The van der Waals surface area contributed by atoms with Crippen LogP contribution in [0.5, 0.6) is 0 Å². The zero-order valence-electron chi connectivity index (χ0n) is 13.6. The molecule has 1 aromatic rings. The van der Waals surface area contributed by atoms with Crippen LogP contribution in [-0.2, 0) is 12.0 Å². The fourth-order valence-electron chi connectivity index (χ4n) is 2.81. The number of benzene rings is 1. The van der Waals surface area contributed by atoms with Crippen molar-refractivity contribution in [1.82, 2.24) is 10.2 Å². The van der Waals surface area contributed by atoms with E-state index in [1.165, 1.54) is 37.1 Å². The molecule has 0 amide bonds. The third kappa shape index (κ3) is 4.60. The summed E-state index contributed by atoms with van der Waals surface area (Å²) in [5.74, 6) is 0.861. The molecule has 0 radical (unpaired) electrons. The largest absolute Gasteiger partial charge is 0.312 e. The van der Waals surface area contributed by atoms with E-state index in [4.69, 9.17) is 0 Å². The van der Waals surface area contributed by atoms with Crippen LogP contribution >= 0.6 is 0 Å². The van der Waals surface area contributed by atoms with Crippen molar-refractivity contribution in [2.24, 2.45) is 5.92 Å². The molecule has 0 aliphatic carbocycles. The first-order valence-electron chi connectivity index (χ1n) is 7.94. The lowest BCUT2D eigenvalue weighted by molar-refractivity contribution is 0.216. The summed E-state index contributed by atoms with van der Waals surface area (Å²) in [6.07, 6.45) is 2.68. The van der Waals surface area contributed by atoms with E-state index < -0.39 is 0 Å². The normalized spacial score (nSPS) is 18.4. The summed E-state index contributed by atoms with van der Waals surface area (Å²) in [6.45, 7) is 11.5. The Kier molecular flexibility index (Phi) is 5.22. The molecule has 0 atom stereocenters. The Morgan fingerprint density at radius 1 is 1.10 bits per heavy atom. The van der Waals surface area contributed by atoms with Gasteiger partial charge in [-0.15, -0.1) is 0 Å². The van der Waals surface area contributed by atoms with Gasteiger partial charge in [-0.3, -0.25) is 0 Å². The number of nitrogens with one attached hydrogen (secondary N) is 1. The highest BCUT2D eigenvalue weighted by atomic mass is 15.1. The van der Waals surface area contributed by atoms with Crippen molar-refractivity contribution in [3.05, 3.63) is 35.4 Å². The average Bonchev–Trinajstić information content (AvgIpc) is 2.41. The molecule has 0 unspecified atom stereocenters. The first kappa shape index (κ1) is 15.5. The lowest BCUT2D eigenvalue weighted by Gasteiger charge is -2.29. The van der Waals surface area contributed by atoms with Gasteiger partial charge in [0.2, 0.25) is 0 Å². The Balaban J connectivity index is 1.74. The zero-order valence-corrected chi connectivity index (χ0v) is 13.6. The third-order valence-corrected chi connectivity index (χ3v) is 4.42. The molecule has 1 N–H and O–H groups in total. The maximum absolute atomic E-state index is 3.63. The summed E-state index contributed by atoms with van der Waals surface area (Å²) in [5.41, 5.74) is 3.06. The predicted octanol–water partition coefficient (Wildman–Crippen LogP) is 3.42. The summed E-state index contributed by atoms with van der Waals surface area (Å²) in [7, 11) is 2.22. The zero-order chi connectivity index (χ0) is 14.6. The quantitative estimate of drug-likeness (QED) is 0.905. The van der Waals surface area contributed by atoms with Crippen LogP contribution in [0.3, 0.4) is 0 Å². The topological polar surface area (TPSA) is 15.3 Å². The Morgan fingerprint density at radius 2 is 1.70 bits per heavy atom. The van der Waals surface area contributed by atoms with Crippen molar-refractivity contribution < 1.29 is 0 Å². The highest BCUT2D eigenvalue weighted by Gasteiger charge is 2.16. The number of nitrogens with zero attached hydrogens (tertiary/aromatic N) is 1. The van der Waals surface area contributed by atoms with Gasteiger partial charge >= 0.3 is 0 Å². The van der Waals surface area contributed by atoms with Crippen molar-refractivity contribution in [3.63, 3.8) is 0 Å². The van der Waals surface area contributed by atoms with Gasteiger partial charge in [0.05, 0.1) is 0 Å². The van der Waals surface area contributed by atoms with E-state index in [0.29, 0.717) is 0 Å². The lowest BCUT2D eigenvalue weighted by atomic mass is 9.87. The molecule has 0 aromatic heterocycles. The number of rotatable bonds is 4. The standard InChI is InChI=1S/C18H30N2/c1-18(2,3)17-7-5-15(6-8-17)13-19-14-16-9-11-20(4)12-10-16/h5-8,16,19H,9-14H2,1-4H3. The number of piperidine rings is 1. The minimum absolute atomic E-state index is 0.250. The SMILES string of the molecule is CN1CCC(CNCc2ccc(C(C)(C)C)cc2)CC1. The number of hydrogen-bond acceptors (Lipinski definition) is 2. The summed E-state index contributed by atoms with van der Waals surface area (Å²) in [5, 5.41) is 3.63. The lowest BCUT2D eigenvalue weighted by Crippen LogP contribution is -2.34.